The number of hydrogen-bond acceptors (Lipinski definition) is 8. The fraction of sp³-hybridized carbons (Fsp3) is 0.381. The predicted molar refractivity (Wildman–Crippen MR) is 115 cm³/mol. The number of piperazine rings is 1. The maximum Gasteiger partial charge on any atom is 0.249 e. The summed E-state index contributed by atoms with van der Waals surface area (Å²) >= 11 is 1.64. The van der Waals surface area contributed by atoms with Crippen LogP contribution in [0.25, 0.3) is 11.5 Å². The fourth-order valence-corrected chi connectivity index (χ4v) is 4.31. The van der Waals surface area contributed by atoms with Crippen molar-refractivity contribution in [3.8, 4) is 17.2 Å². The third kappa shape index (κ3) is 4.38. The molecule has 3 aromatic rings. The topological polar surface area (TPSA) is 78.5 Å². The molecule has 152 valence electrons. The Labute approximate surface area is 174 Å². The second kappa shape index (κ2) is 8.84. The summed E-state index contributed by atoms with van der Waals surface area (Å²) in [5.74, 6) is 2.98. The van der Waals surface area contributed by atoms with Crippen LogP contribution in [0.1, 0.15) is 23.6 Å². The predicted octanol–water partition coefficient (Wildman–Crippen LogP) is 3.43. The molecular weight excluding hydrogens is 386 g/mol. The van der Waals surface area contributed by atoms with Gasteiger partial charge in [0.2, 0.25) is 11.8 Å². The van der Waals surface area contributed by atoms with E-state index < -0.39 is 0 Å². The Bertz CT molecular complexity index is 938. The van der Waals surface area contributed by atoms with E-state index in [2.05, 4.69) is 39.0 Å². The zero-order chi connectivity index (χ0) is 20.2. The zero-order valence-corrected chi connectivity index (χ0v) is 17.5. The van der Waals surface area contributed by atoms with E-state index in [-0.39, 0.29) is 11.0 Å². The van der Waals surface area contributed by atoms with Crippen LogP contribution >= 0.6 is 11.8 Å². The highest BCUT2D eigenvalue weighted by molar-refractivity contribution is 7.99. The first-order valence-electron chi connectivity index (χ1n) is 9.78. The molecule has 0 spiro atoms. The highest BCUT2D eigenvalue weighted by Gasteiger charge is 2.24. The second-order valence-electron chi connectivity index (χ2n) is 7.04. The molecule has 8 heteroatoms. The van der Waals surface area contributed by atoms with Crippen molar-refractivity contribution in [1.29, 1.82) is 0 Å². The van der Waals surface area contributed by atoms with Gasteiger partial charge >= 0.3 is 0 Å². The molecule has 1 unspecified atom stereocenters. The van der Waals surface area contributed by atoms with Crippen LogP contribution in [0.15, 0.2) is 47.0 Å². The minimum absolute atomic E-state index is 0.208. The van der Waals surface area contributed by atoms with Gasteiger partial charge in [-0.3, -0.25) is 0 Å². The summed E-state index contributed by atoms with van der Waals surface area (Å²) in [6.45, 7) is 6.10. The minimum atomic E-state index is -0.208. The maximum absolute atomic E-state index is 10.2. The summed E-state index contributed by atoms with van der Waals surface area (Å²) in [4.78, 5) is 9.21. The molecule has 0 saturated carbocycles. The van der Waals surface area contributed by atoms with Crippen molar-refractivity contribution in [3.05, 3.63) is 54.0 Å². The van der Waals surface area contributed by atoms with Crippen LogP contribution in [0.4, 0.5) is 5.82 Å². The molecule has 29 heavy (non-hydrogen) atoms. The summed E-state index contributed by atoms with van der Waals surface area (Å²) < 4.78 is 5.98. The smallest absolute Gasteiger partial charge is 0.249 e. The Balaban J connectivity index is 1.54. The summed E-state index contributed by atoms with van der Waals surface area (Å²) in [5, 5.41) is 18.5. The van der Waals surface area contributed by atoms with Crippen molar-refractivity contribution in [2.75, 3.05) is 43.9 Å². The first-order valence-corrected chi connectivity index (χ1v) is 10.8. The number of likely N-dealkylation sites (N-methyl/N-ethyl adjacent to an activating group) is 1. The largest absolute Gasteiger partial charge is 0.508 e. The Kier molecular flexibility index (Phi) is 6.01. The molecule has 7 nitrogen and oxygen atoms in total. The van der Waals surface area contributed by atoms with Crippen molar-refractivity contribution in [3.63, 3.8) is 0 Å². The lowest BCUT2D eigenvalue weighted by Crippen LogP contribution is -2.44. The van der Waals surface area contributed by atoms with Crippen molar-refractivity contribution in [2.45, 2.75) is 12.2 Å². The van der Waals surface area contributed by atoms with Gasteiger partial charge in [0.1, 0.15) is 16.8 Å². The third-order valence-corrected chi connectivity index (χ3v) is 6.16. The molecule has 1 N–H and O–H groups in total. The van der Waals surface area contributed by atoms with Gasteiger partial charge in [-0.05, 0) is 31.0 Å². The normalized spacial score (nSPS) is 16.1. The van der Waals surface area contributed by atoms with Crippen molar-refractivity contribution < 1.29 is 9.52 Å². The molecule has 1 atom stereocenters. The number of phenolic OH excluding ortho intramolecular Hbond substituents is 1. The van der Waals surface area contributed by atoms with Gasteiger partial charge in [-0.2, -0.15) is 0 Å². The van der Waals surface area contributed by atoms with Crippen LogP contribution in [0.5, 0.6) is 5.75 Å². The molecule has 1 fully saturated rings. The highest BCUT2D eigenvalue weighted by atomic mass is 32.2. The molecule has 1 aliphatic heterocycles. The molecule has 1 aliphatic rings. The quantitative estimate of drug-likeness (QED) is 0.661. The molecule has 1 aromatic carbocycles. The molecule has 0 bridgehead atoms. The number of nitrogens with zero attached hydrogens (tertiary/aromatic N) is 5. The number of pyridine rings is 1. The molecule has 2 aromatic heterocycles. The van der Waals surface area contributed by atoms with E-state index in [1.165, 1.54) is 0 Å². The van der Waals surface area contributed by atoms with Gasteiger partial charge in [0.25, 0.3) is 0 Å². The van der Waals surface area contributed by atoms with Crippen molar-refractivity contribution >= 4 is 17.6 Å². The van der Waals surface area contributed by atoms with Gasteiger partial charge in [-0.25, -0.2) is 4.98 Å². The van der Waals surface area contributed by atoms with E-state index in [1.54, 1.807) is 30.1 Å². The number of hydrogen-bond donors (Lipinski definition) is 1. The molecule has 1 saturated heterocycles. The van der Waals surface area contributed by atoms with Crippen molar-refractivity contribution in [2.24, 2.45) is 0 Å². The number of rotatable bonds is 6. The third-order valence-electron chi connectivity index (χ3n) is 5.04. The average molecular weight is 412 g/mol. The van der Waals surface area contributed by atoms with Gasteiger partial charge in [0.15, 0.2) is 0 Å². The Morgan fingerprint density at radius 1 is 1.10 bits per heavy atom. The summed E-state index contributed by atoms with van der Waals surface area (Å²) in [7, 11) is 2.14. The standard InChI is InChI=1S/C21H25N5O2S/c1-3-29-19(16-6-4-5-7-17(16)27)21-24-23-20(28-21)15-8-9-18(22-14-15)26-12-10-25(2)11-13-26/h4-9,14,19,27H,3,10-13H2,1-2H3. The number of para-hydroxylation sites is 1. The lowest BCUT2D eigenvalue weighted by atomic mass is 10.1. The minimum Gasteiger partial charge on any atom is -0.508 e. The number of benzene rings is 1. The first-order chi connectivity index (χ1) is 14.2. The maximum atomic E-state index is 10.2. The lowest BCUT2D eigenvalue weighted by Gasteiger charge is -2.33. The summed E-state index contributed by atoms with van der Waals surface area (Å²) in [6.07, 6.45) is 1.78. The monoisotopic (exact) mass is 411 g/mol. The molecule has 0 amide bonds. The van der Waals surface area contributed by atoms with E-state index >= 15 is 0 Å². The van der Waals surface area contributed by atoms with Crippen LogP contribution in [0, 0.1) is 0 Å². The van der Waals surface area contributed by atoms with Gasteiger partial charge in [0, 0.05) is 37.9 Å². The Morgan fingerprint density at radius 3 is 2.59 bits per heavy atom. The molecule has 0 aliphatic carbocycles. The fourth-order valence-electron chi connectivity index (χ4n) is 3.36. The number of aromatic nitrogens is 3. The van der Waals surface area contributed by atoms with Gasteiger partial charge < -0.3 is 19.3 Å². The first kappa shape index (κ1) is 19.7. The summed E-state index contributed by atoms with van der Waals surface area (Å²) in [5.41, 5.74) is 1.57. The van der Waals surface area contributed by atoms with Gasteiger partial charge in [-0.15, -0.1) is 22.0 Å². The van der Waals surface area contributed by atoms with Crippen LogP contribution < -0.4 is 4.90 Å². The molecule has 4 rings (SSSR count). The Morgan fingerprint density at radius 2 is 1.90 bits per heavy atom. The Hall–Kier alpha value is -2.58. The lowest BCUT2D eigenvalue weighted by molar-refractivity contribution is 0.312. The van der Waals surface area contributed by atoms with E-state index in [0.717, 1.165) is 48.9 Å². The van der Waals surface area contributed by atoms with Gasteiger partial charge in [-0.1, -0.05) is 25.1 Å². The number of anilines is 1. The van der Waals surface area contributed by atoms with Gasteiger partial charge in [0.05, 0.1) is 5.56 Å². The average Bonchev–Trinajstić information content (AvgIpc) is 3.23. The van der Waals surface area contributed by atoms with E-state index in [9.17, 15) is 5.11 Å². The number of phenols is 1. The summed E-state index contributed by atoms with van der Waals surface area (Å²) in [6, 6.07) is 11.2. The van der Waals surface area contributed by atoms with E-state index in [0.29, 0.717) is 11.8 Å². The number of aromatic hydroxyl groups is 1. The van der Waals surface area contributed by atoms with Crippen molar-refractivity contribution in [1.82, 2.24) is 20.1 Å². The molecule has 0 radical (unpaired) electrons. The molecule has 3 heterocycles. The van der Waals surface area contributed by atoms with Crippen LogP contribution in [-0.2, 0) is 0 Å². The van der Waals surface area contributed by atoms with Crippen LogP contribution in [0.3, 0.4) is 0 Å². The van der Waals surface area contributed by atoms with E-state index in [1.807, 2.05) is 24.3 Å². The zero-order valence-electron chi connectivity index (χ0n) is 16.7. The number of thioether (sulfide) groups is 1. The SMILES string of the molecule is CCSC(c1nnc(-c2ccc(N3CCN(C)CC3)nc2)o1)c1ccccc1O. The van der Waals surface area contributed by atoms with Crippen LogP contribution in [0.2, 0.25) is 0 Å². The van der Waals surface area contributed by atoms with E-state index in [4.69, 9.17) is 4.42 Å². The molecular formula is C21H25N5O2S. The highest BCUT2D eigenvalue weighted by Crippen LogP contribution is 2.39. The van der Waals surface area contributed by atoms with Crippen LogP contribution in [-0.4, -0.2) is 64.2 Å². The second-order valence-corrected chi connectivity index (χ2v) is 8.42.